The topological polar surface area (TPSA) is 98.1 Å². The lowest BCUT2D eigenvalue weighted by atomic mass is 10.3. The van der Waals surface area contributed by atoms with Gasteiger partial charge in [-0.25, -0.2) is 0 Å². The maximum absolute atomic E-state index is 12.1. The molecule has 9 heteroatoms. The number of hydrazine groups is 1. The van der Waals surface area contributed by atoms with E-state index < -0.39 is 17.9 Å². The molecule has 1 unspecified atom stereocenters. The van der Waals surface area contributed by atoms with Crippen LogP contribution in [0.2, 0.25) is 0 Å². The molecule has 2 aromatic carbocycles. The highest BCUT2D eigenvalue weighted by atomic mass is 79.9. The van der Waals surface area contributed by atoms with E-state index in [0.29, 0.717) is 5.75 Å². The number of amides is 2. The lowest BCUT2D eigenvalue weighted by Gasteiger charge is -2.14. The molecule has 0 aliphatic carbocycles. The Balaban J connectivity index is 1.54. The van der Waals surface area contributed by atoms with Gasteiger partial charge in [-0.3, -0.25) is 20.4 Å². The minimum atomic E-state index is -0.806. The number of rotatable bonds is 5. The van der Waals surface area contributed by atoms with E-state index in [4.69, 9.17) is 4.74 Å². The molecule has 8 nitrogen and oxygen atoms in total. The average molecular weight is 430 g/mol. The summed E-state index contributed by atoms with van der Waals surface area (Å²) in [4.78, 5) is 25.6. The first kappa shape index (κ1) is 18.6. The molecule has 3 aromatic rings. The second kappa shape index (κ2) is 8.45. The molecule has 1 atom stereocenters. The molecule has 1 heterocycles. The van der Waals surface area contributed by atoms with E-state index in [1.165, 1.54) is 11.0 Å². The van der Waals surface area contributed by atoms with Crippen molar-refractivity contribution in [2.75, 3.05) is 0 Å². The second-order valence-electron chi connectivity index (χ2n) is 5.52. The number of carbonyl (C=O) groups excluding carboxylic acids is 2. The van der Waals surface area contributed by atoms with Gasteiger partial charge in [0.05, 0.1) is 11.9 Å². The minimum Gasteiger partial charge on any atom is -0.481 e. The van der Waals surface area contributed by atoms with Crippen molar-refractivity contribution in [2.45, 2.75) is 13.0 Å². The molecule has 0 aliphatic rings. The van der Waals surface area contributed by atoms with E-state index in [0.717, 1.165) is 10.2 Å². The number of hydrogen-bond acceptors (Lipinski definition) is 5. The Bertz CT molecular complexity index is 945. The van der Waals surface area contributed by atoms with Gasteiger partial charge in [-0.1, -0.05) is 40.2 Å². The molecule has 138 valence electrons. The Kier molecular flexibility index (Phi) is 5.82. The Hall–Kier alpha value is -3.20. The van der Waals surface area contributed by atoms with E-state index in [-0.39, 0.29) is 5.69 Å². The molecular formula is C18H16BrN5O3. The van der Waals surface area contributed by atoms with Crippen LogP contribution in [0.25, 0.3) is 5.69 Å². The van der Waals surface area contributed by atoms with Gasteiger partial charge < -0.3 is 4.74 Å². The smallest absolute Gasteiger partial charge is 0.291 e. The summed E-state index contributed by atoms with van der Waals surface area (Å²) in [7, 11) is 0. The molecule has 0 saturated heterocycles. The summed E-state index contributed by atoms with van der Waals surface area (Å²) < 4.78 is 6.37. The van der Waals surface area contributed by atoms with Crippen molar-refractivity contribution in [3.05, 3.63) is 71.0 Å². The largest absolute Gasteiger partial charge is 0.481 e. The van der Waals surface area contributed by atoms with Crippen LogP contribution in [0, 0.1) is 0 Å². The predicted molar refractivity (Wildman–Crippen MR) is 101 cm³/mol. The van der Waals surface area contributed by atoms with Gasteiger partial charge in [-0.05, 0) is 37.3 Å². The lowest BCUT2D eigenvalue weighted by Crippen LogP contribution is -2.47. The third-order valence-corrected chi connectivity index (χ3v) is 3.98. The van der Waals surface area contributed by atoms with E-state index in [2.05, 4.69) is 37.0 Å². The van der Waals surface area contributed by atoms with E-state index >= 15 is 0 Å². The van der Waals surface area contributed by atoms with Crippen LogP contribution in [0.5, 0.6) is 5.75 Å². The number of ether oxygens (including phenoxy) is 1. The fraction of sp³-hybridized carbons (Fsp3) is 0.111. The zero-order chi connectivity index (χ0) is 19.2. The normalized spacial score (nSPS) is 11.5. The van der Waals surface area contributed by atoms with Crippen molar-refractivity contribution in [3.8, 4) is 11.4 Å². The molecule has 0 spiro atoms. The quantitative estimate of drug-likeness (QED) is 0.606. The van der Waals surface area contributed by atoms with Crippen LogP contribution >= 0.6 is 15.9 Å². The summed E-state index contributed by atoms with van der Waals surface area (Å²) in [5, 5.41) is 8.12. The van der Waals surface area contributed by atoms with Gasteiger partial charge in [0, 0.05) is 4.47 Å². The zero-order valence-electron chi connectivity index (χ0n) is 14.3. The number of hydrogen-bond donors (Lipinski definition) is 2. The zero-order valence-corrected chi connectivity index (χ0v) is 15.9. The number of nitrogens with one attached hydrogen (secondary N) is 2. The molecule has 2 amide bonds. The van der Waals surface area contributed by atoms with Crippen LogP contribution in [0.3, 0.4) is 0 Å². The van der Waals surface area contributed by atoms with Gasteiger partial charge in [0.25, 0.3) is 11.8 Å². The van der Waals surface area contributed by atoms with Crippen LogP contribution in [-0.4, -0.2) is 32.9 Å². The Morgan fingerprint density at radius 3 is 2.63 bits per heavy atom. The molecule has 0 bridgehead atoms. The van der Waals surface area contributed by atoms with Crippen molar-refractivity contribution < 1.29 is 14.3 Å². The SMILES string of the molecule is CC(Oc1cccc(Br)c1)C(=O)NNC(=O)c1cnn(-c2ccccc2)n1. The number of para-hydroxylation sites is 1. The van der Waals surface area contributed by atoms with Crippen molar-refractivity contribution in [1.29, 1.82) is 0 Å². The number of benzene rings is 2. The number of aromatic nitrogens is 3. The third kappa shape index (κ3) is 4.91. The van der Waals surface area contributed by atoms with Gasteiger partial charge in [-0.15, -0.1) is 5.10 Å². The van der Waals surface area contributed by atoms with Gasteiger partial charge >= 0.3 is 0 Å². The number of halogens is 1. The molecule has 0 aliphatic heterocycles. The van der Waals surface area contributed by atoms with Gasteiger partial charge in [0.1, 0.15) is 5.75 Å². The maximum atomic E-state index is 12.1. The molecular weight excluding hydrogens is 414 g/mol. The maximum Gasteiger partial charge on any atom is 0.291 e. The fourth-order valence-electron chi connectivity index (χ4n) is 2.13. The molecule has 1 aromatic heterocycles. The van der Waals surface area contributed by atoms with Crippen LogP contribution in [0.15, 0.2) is 65.3 Å². The molecule has 0 saturated carbocycles. The van der Waals surface area contributed by atoms with Gasteiger partial charge in [-0.2, -0.15) is 9.90 Å². The van der Waals surface area contributed by atoms with E-state index in [1.54, 1.807) is 25.1 Å². The van der Waals surface area contributed by atoms with Crippen molar-refractivity contribution in [3.63, 3.8) is 0 Å². The first-order valence-corrected chi connectivity index (χ1v) is 8.82. The second-order valence-corrected chi connectivity index (χ2v) is 6.43. The van der Waals surface area contributed by atoms with Crippen LogP contribution in [0.1, 0.15) is 17.4 Å². The highest BCUT2D eigenvalue weighted by Gasteiger charge is 2.17. The molecule has 0 fully saturated rings. The van der Waals surface area contributed by atoms with E-state index in [9.17, 15) is 9.59 Å². The third-order valence-electron chi connectivity index (χ3n) is 3.49. The number of nitrogens with zero attached hydrogens (tertiary/aromatic N) is 3. The summed E-state index contributed by atoms with van der Waals surface area (Å²) in [6.45, 7) is 1.58. The Morgan fingerprint density at radius 1 is 1.11 bits per heavy atom. The molecule has 0 radical (unpaired) electrons. The minimum absolute atomic E-state index is 0.0692. The summed E-state index contributed by atoms with van der Waals surface area (Å²) in [6.07, 6.45) is 0.509. The van der Waals surface area contributed by atoms with Crippen LogP contribution < -0.4 is 15.6 Å². The molecule has 3 rings (SSSR count). The standard InChI is InChI=1S/C18H16BrN5O3/c1-12(27-15-9-5-6-13(19)10-15)17(25)21-22-18(26)16-11-20-24(23-16)14-7-3-2-4-8-14/h2-12H,1H3,(H,21,25)(H,22,26). The first-order chi connectivity index (χ1) is 13.0. The number of carbonyl (C=O) groups is 2. The monoisotopic (exact) mass is 429 g/mol. The first-order valence-electron chi connectivity index (χ1n) is 8.03. The van der Waals surface area contributed by atoms with Crippen molar-refractivity contribution in [2.24, 2.45) is 0 Å². The molecule has 2 N–H and O–H groups in total. The predicted octanol–water partition coefficient (Wildman–Crippen LogP) is 2.26. The average Bonchev–Trinajstić information content (AvgIpc) is 3.17. The van der Waals surface area contributed by atoms with Crippen molar-refractivity contribution >= 4 is 27.7 Å². The van der Waals surface area contributed by atoms with E-state index in [1.807, 2.05) is 36.4 Å². The summed E-state index contributed by atoms with van der Waals surface area (Å²) in [5.41, 5.74) is 5.40. The highest BCUT2D eigenvalue weighted by molar-refractivity contribution is 9.10. The van der Waals surface area contributed by atoms with Crippen LogP contribution in [-0.2, 0) is 4.79 Å². The Labute approximate surface area is 163 Å². The summed E-state index contributed by atoms with van der Waals surface area (Å²) >= 11 is 3.33. The summed E-state index contributed by atoms with van der Waals surface area (Å²) in [6, 6.07) is 16.3. The Morgan fingerprint density at radius 2 is 1.89 bits per heavy atom. The lowest BCUT2D eigenvalue weighted by molar-refractivity contribution is -0.128. The van der Waals surface area contributed by atoms with Gasteiger partial charge in [0.2, 0.25) is 0 Å². The van der Waals surface area contributed by atoms with Gasteiger partial charge in [0.15, 0.2) is 11.8 Å². The van der Waals surface area contributed by atoms with Crippen molar-refractivity contribution in [1.82, 2.24) is 25.8 Å². The molecule has 27 heavy (non-hydrogen) atoms. The fourth-order valence-corrected chi connectivity index (χ4v) is 2.51. The van der Waals surface area contributed by atoms with Crippen LogP contribution in [0.4, 0.5) is 0 Å². The highest BCUT2D eigenvalue weighted by Crippen LogP contribution is 2.18. The summed E-state index contributed by atoms with van der Waals surface area (Å²) in [5.74, 6) is -0.553.